The van der Waals surface area contributed by atoms with Gasteiger partial charge < -0.3 is 11.5 Å². The molecule has 29 heavy (non-hydrogen) atoms. The van der Waals surface area contributed by atoms with Gasteiger partial charge in [0.05, 0.1) is 21.7 Å². The number of hydrogen-bond donors (Lipinski definition) is 3. The quantitative estimate of drug-likeness (QED) is 0.478. The smallest absolute Gasteiger partial charge is 0.398 e. The van der Waals surface area contributed by atoms with Crippen molar-refractivity contribution >= 4 is 27.1 Å². The summed E-state index contributed by atoms with van der Waals surface area (Å²) >= 11 is 0. The number of alkyl halides is 6. The fourth-order valence-corrected chi connectivity index (χ4v) is 4.41. The average molecular weight is 441 g/mol. The molecular weight excluding hydrogens is 424 g/mol. The molecule has 2 aromatic carbocycles. The molecule has 2 aromatic rings. The SMILES string of the molecule is Cc1c(N)c(C)c(S(=O)(=O)Nc2cc(C(F)(F)F)cc(C(F)(F)F)c2)c(C)c1N. The first-order chi connectivity index (χ1) is 13.0. The van der Waals surface area contributed by atoms with Crippen molar-refractivity contribution < 1.29 is 34.8 Å². The van der Waals surface area contributed by atoms with Gasteiger partial charge in [0.2, 0.25) is 0 Å². The number of anilines is 3. The summed E-state index contributed by atoms with van der Waals surface area (Å²) in [6.45, 7) is 4.27. The summed E-state index contributed by atoms with van der Waals surface area (Å²) < 4.78 is 105. The van der Waals surface area contributed by atoms with Crippen LogP contribution in [0, 0.1) is 20.8 Å². The van der Waals surface area contributed by atoms with Gasteiger partial charge in [0.1, 0.15) is 0 Å². The number of nitrogens with one attached hydrogen (secondary N) is 1. The van der Waals surface area contributed by atoms with Crippen LogP contribution in [0.1, 0.15) is 27.8 Å². The van der Waals surface area contributed by atoms with Crippen molar-refractivity contribution in [2.24, 2.45) is 0 Å². The van der Waals surface area contributed by atoms with Crippen molar-refractivity contribution in [2.45, 2.75) is 38.0 Å². The predicted molar refractivity (Wildman–Crippen MR) is 96.7 cm³/mol. The summed E-state index contributed by atoms with van der Waals surface area (Å²) in [4.78, 5) is -0.413. The van der Waals surface area contributed by atoms with Crippen LogP contribution in [0.5, 0.6) is 0 Å². The van der Waals surface area contributed by atoms with Gasteiger partial charge >= 0.3 is 12.4 Å². The predicted octanol–water partition coefficient (Wildman–Crippen LogP) is 4.61. The van der Waals surface area contributed by atoms with Crippen LogP contribution in [0.3, 0.4) is 0 Å². The van der Waals surface area contributed by atoms with E-state index >= 15 is 0 Å². The Morgan fingerprint density at radius 2 is 1.14 bits per heavy atom. The van der Waals surface area contributed by atoms with Gasteiger partial charge in [-0.2, -0.15) is 26.3 Å². The summed E-state index contributed by atoms with van der Waals surface area (Å²) in [5, 5.41) is 0. The number of halogens is 6. The Bertz CT molecular complexity index is 1010. The topological polar surface area (TPSA) is 98.2 Å². The minimum Gasteiger partial charge on any atom is -0.398 e. The van der Waals surface area contributed by atoms with E-state index in [9.17, 15) is 34.8 Å². The van der Waals surface area contributed by atoms with Gasteiger partial charge in [0.25, 0.3) is 10.0 Å². The fraction of sp³-hybridized carbons (Fsp3) is 0.294. The lowest BCUT2D eigenvalue weighted by Gasteiger charge is -2.20. The zero-order valence-electron chi connectivity index (χ0n) is 15.4. The number of benzene rings is 2. The summed E-state index contributed by atoms with van der Waals surface area (Å²) in [5.41, 5.74) is 8.13. The lowest BCUT2D eigenvalue weighted by Crippen LogP contribution is -2.19. The van der Waals surface area contributed by atoms with E-state index in [0.717, 1.165) is 0 Å². The first-order valence-electron chi connectivity index (χ1n) is 7.93. The number of nitrogens with two attached hydrogens (primary N) is 2. The molecule has 0 bridgehead atoms. The first-order valence-corrected chi connectivity index (χ1v) is 9.42. The standard InChI is InChI=1S/C17H17F6N3O2S/c1-7-13(24)8(2)15(9(3)14(7)25)29(27,28)26-12-5-10(16(18,19)20)4-11(6-12)17(21,22)23/h4-6,26H,24-25H2,1-3H3. The summed E-state index contributed by atoms with van der Waals surface area (Å²) in [6, 6.07) is 0.451. The molecule has 0 aromatic heterocycles. The third kappa shape index (κ3) is 4.36. The second-order valence-electron chi connectivity index (χ2n) is 6.43. The van der Waals surface area contributed by atoms with Gasteiger partial charge in [-0.1, -0.05) is 0 Å². The molecule has 12 heteroatoms. The summed E-state index contributed by atoms with van der Waals surface area (Å²) in [6.07, 6.45) is -10.2. The van der Waals surface area contributed by atoms with E-state index in [1.165, 1.54) is 13.8 Å². The van der Waals surface area contributed by atoms with Gasteiger partial charge in [-0.25, -0.2) is 8.42 Å². The molecule has 160 valence electrons. The van der Waals surface area contributed by atoms with Crippen molar-refractivity contribution in [3.05, 3.63) is 46.0 Å². The Morgan fingerprint density at radius 3 is 1.48 bits per heavy atom. The molecule has 0 saturated carbocycles. The van der Waals surface area contributed by atoms with Gasteiger partial charge in [0.15, 0.2) is 0 Å². The number of hydrogen-bond acceptors (Lipinski definition) is 4. The largest absolute Gasteiger partial charge is 0.416 e. The van der Waals surface area contributed by atoms with E-state index in [1.807, 2.05) is 0 Å². The highest BCUT2D eigenvalue weighted by Crippen LogP contribution is 2.39. The van der Waals surface area contributed by atoms with Crippen LogP contribution in [0.2, 0.25) is 0 Å². The van der Waals surface area contributed by atoms with E-state index in [1.54, 1.807) is 11.6 Å². The fourth-order valence-electron chi connectivity index (χ4n) is 2.86. The Kier molecular flexibility index (Phi) is 5.47. The van der Waals surface area contributed by atoms with E-state index < -0.39 is 44.1 Å². The van der Waals surface area contributed by atoms with Gasteiger partial charge in [-0.15, -0.1) is 0 Å². The maximum Gasteiger partial charge on any atom is 0.416 e. The molecule has 0 aliphatic rings. The van der Waals surface area contributed by atoms with Crippen molar-refractivity contribution in [2.75, 3.05) is 16.2 Å². The average Bonchev–Trinajstić information content (AvgIpc) is 2.56. The molecule has 2 rings (SSSR count). The molecule has 5 nitrogen and oxygen atoms in total. The molecular formula is C17H17F6N3O2S. The lowest BCUT2D eigenvalue weighted by molar-refractivity contribution is -0.143. The molecule has 0 amide bonds. The van der Waals surface area contributed by atoms with Gasteiger partial charge in [0, 0.05) is 11.4 Å². The molecule has 0 aliphatic carbocycles. The third-order valence-corrected chi connectivity index (χ3v) is 6.06. The number of sulfonamides is 1. The molecule has 0 heterocycles. The van der Waals surface area contributed by atoms with Crippen LogP contribution >= 0.6 is 0 Å². The zero-order valence-corrected chi connectivity index (χ0v) is 16.2. The second kappa shape index (κ2) is 7.01. The normalized spacial score (nSPS) is 12.9. The molecule has 0 atom stereocenters. The molecule has 0 aliphatic heterocycles. The molecule has 0 spiro atoms. The van der Waals surface area contributed by atoms with Gasteiger partial charge in [-0.05, 0) is 55.7 Å². The van der Waals surface area contributed by atoms with E-state index in [0.29, 0.717) is 5.56 Å². The van der Waals surface area contributed by atoms with Crippen LogP contribution < -0.4 is 16.2 Å². The first kappa shape index (κ1) is 22.7. The Morgan fingerprint density at radius 1 is 0.759 bits per heavy atom. The van der Waals surface area contributed by atoms with Crippen LogP contribution in [-0.4, -0.2) is 8.42 Å². The monoisotopic (exact) mass is 441 g/mol. The maximum atomic E-state index is 13.0. The molecule has 5 N–H and O–H groups in total. The minimum absolute atomic E-state index is 0.0495. The zero-order chi connectivity index (χ0) is 22.5. The summed E-state index contributed by atoms with van der Waals surface area (Å²) in [7, 11) is -4.61. The van der Waals surface area contributed by atoms with Crippen molar-refractivity contribution in [3.63, 3.8) is 0 Å². The Hall–Kier alpha value is -2.63. The van der Waals surface area contributed by atoms with Crippen LogP contribution in [0.15, 0.2) is 23.1 Å². The Labute approximate surface area is 162 Å². The van der Waals surface area contributed by atoms with E-state index in [4.69, 9.17) is 11.5 Å². The molecule has 0 saturated heterocycles. The number of nitrogen functional groups attached to an aromatic ring is 2. The van der Waals surface area contributed by atoms with E-state index in [-0.39, 0.29) is 40.7 Å². The highest BCUT2D eigenvalue weighted by Gasteiger charge is 2.37. The number of rotatable bonds is 3. The Balaban J connectivity index is 2.68. The maximum absolute atomic E-state index is 13.0. The van der Waals surface area contributed by atoms with Crippen LogP contribution in [0.4, 0.5) is 43.4 Å². The molecule has 0 fully saturated rings. The van der Waals surface area contributed by atoms with Crippen LogP contribution in [0.25, 0.3) is 0 Å². The van der Waals surface area contributed by atoms with Crippen molar-refractivity contribution in [1.82, 2.24) is 0 Å². The third-order valence-electron chi connectivity index (χ3n) is 4.41. The second-order valence-corrected chi connectivity index (χ2v) is 8.05. The highest BCUT2D eigenvalue weighted by molar-refractivity contribution is 7.92. The minimum atomic E-state index is -5.12. The molecule has 0 radical (unpaired) electrons. The van der Waals surface area contributed by atoms with Crippen LogP contribution in [-0.2, 0) is 22.4 Å². The highest BCUT2D eigenvalue weighted by atomic mass is 32.2. The van der Waals surface area contributed by atoms with E-state index in [2.05, 4.69) is 0 Å². The van der Waals surface area contributed by atoms with Crippen molar-refractivity contribution in [1.29, 1.82) is 0 Å². The van der Waals surface area contributed by atoms with Crippen molar-refractivity contribution in [3.8, 4) is 0 Å². The lowest BCUT2D eigenvalue weighted by atomic mass is 10.0. The summed E-state index contributed by atoms with van der Waals surface area (Å²) in [5.74, 6) is 0. The van der Waals surface area contributed by atoms with Gasteiger partial charge in [-0.3, -0.25) is 4.72 Å². The molecule has 0 unspecified atom stereocenters.